The summed E-state index contributed by atoms with van der Waals surface area (Å²) >= 11 is 0. The van der Waals surface area contributed by atoms with Crippen molar-refractivity contribution in [1.29, 1.82) is 0 Å². The Morgan fingerprint density at radius 2 is 1.97 bits per heavy atom. The van der Waals surface area contributed by atoms with E-state index >= 15 is 0 Å². The third kappa shape index (κ3) is 6.80. The average molecular weight is 397 g/mol. The van der Waals surface area contributed by atoms with E-state index in [0.29, 0.717) is 29.3 Å². The minimum Gasteiger partial charge on any atom is -0.369 e. The number of pyridine rings is 2. The molecule has 156 valence electrons. The van der Waals surface area contributed by atoms with Gasteiger partial charge in [-0.3, -0.25) is 9.78 Å². The summed E-state index contributed by atoms with van der Waals surface area (Å²) in [5, 5.41) is 9.80. The fourth-order valence-electron chi connectivity index (χ4n) is 3.60. The summed E-state index contributed by atoms with van der Waals surface area (Å²) in [6.07, 6.45) is 6.96. The number of likely N-dealkylation sites (tertiary alicyclic amines) is 1. The van der Waals surface area contributed by atoms with Crippen molar-refractivity contribution in [2.45, 2.75) is 45.2 Å². The van der Waals surface area contributed by atoms with E-state index in [1.165, 1.54) is 32.4 Å². The second-order valence-electron chi connectivity index (χ2n) is 7.74. The highest BCUT2D eigenvalue weighted by Crippen LogP contribution is 2.13. The first-order chi connectivity index (χ1) is 14.1. The SMILES string of the molecule is CC(C)N1CCCC(NCCNc2cccc(C(=O)Nc3ccncc3)n2)CC1. The molecule has 0 saturated carbocycles. The number of aromatic nitrogens is 2. The summed E-state index contributed by atoms with van der Waals surface area (Å²) in [5.41, 5.74) is 1.09. The lowest BCUT2D eigenvalue weighted by Gasteiger charge is -2.24. The van der Waals surface area contributed by atoms with Gasteiger partial charge in [0.1, 0.15) is 11.5 Å². The number of nitrogens with zero attached hydrogens (tertiary/aromatic N) is 3. The van der Waals surface area contributed by atoms with E-state index in [0.717, 1.165) is 13.1 Å². The van der Waals surface area contributed by atoms with Gasteiger partial charge >= 0.3 is 0 Å². The Kier molecular flexibility index (Phi) is 7.95. The number of carbonyl (C=O) groups is 1. The van der Waals surface area contributed by atoms with Crippen molar-refractivity contribution >= 4 is 17.4 Å². The normalized spacial score (nSPS) is 17.7. The molecule has 1 aliphatic heterocycles. The molecule has 1 saturated heterocycles. The molecule has 0 aliphatic carbocycles. The van der Waals surface area contributed by atoms with Crippen LogP contribution < -0.4 is 16.0 Å². The van der Waals surface area contributed by atoms with E-state index in [1.54, 1.807) is 30.6 Å². The second kappa shape index (κ2) is 10.9. The molecule has 1 atom stereocenters. The van der Waals surface area contributed by atoms with Crippen LogP contribution in [0.25, 0.3) is 0 Å². The first kappa shape index (κ1) is 21.2. The van der Waals surface area contributed by atoms with Crippen LogP contribution in [0, 0.1) is 0 Å². The van der Waals surface area contributed by atoms with Crippen LogP contribution in [0.2, 0.25) is 0 Å². The molecule has 3 heterocycles. The predicted molar refractivity (Wildman–Crippen MR) is 117 cm³/mol. The number of hydrogen-bond acceptors (Lipinski definition) is 6. The molecule has 1 unspecified atom stereocenters. The van der Waals surface area contributed by atoms with E-state index in [4.69, 9.17) is 0 Å². The molecule has 1 fully saturated rings. The Labute approximate surface area is 173 Å². The van der Waals surface area contributed by atoms with Crippen LogP contribution in [0.4, 0.5) is 11.5 Å². The molecule has 29 heavy (non-hydrogen) atoms. The molecule has 2 aromatic rings. The monoisotopic (exact) mass is 396 g/mol. The first-order valence-corrected chi connectivity index (χ1v) is 10.5. The van der Waals surface area contributed by atoms with Crippen LogP contribution in [-0.4, -0.2) is 59.0 Å². The minimum atomic E-state index is -0.230. The van der Waals surface area contributed by atoms with Gasteiger partial charge in [0, 0.05) is 43.3 Å². The summed E-state index contributed by atoms with van der Waals surface area (Å²) < 4.78 is 0. The van der Waals surface area contributed by atoms with E-state index in [1.807, 2.05) is 12.1 Å². The van der Waals surface area contributed by atoms with Crippen molar-refractivity contribution in [3.63, 3.8) is 0 Å². The van der Waals surface area contributed by atoms with Crippen molar-refractivity contribution in [2.24, 2.45) is 0 Å². The van der Waals surface area contributed by atoms with Crippen LogP contribution in [0.15, 0.2) is 42.7 Å². The van der Waals surface area contributed by atoms with Crippen LogP contribution in [0.3, 0.4) is 0 Å². The highest BCUT2D eigenvalue weighted by molar-refractivity contribution is 6.03. The molecule has 7 heteroatoms. The molecule has 1 aliphatic rings. The maximum absolute atomic E-state index is 12.4. The largest absolute Gasteiger partial charge is 0.369 e. The highest BCUT2D eigenvalue weighted by Gasteiger charge is 2.18. The second-order valence-corrected chi connectivity index (χ2v) is 7.74. The van der Waals surface area contributed by atoms with Crippen LogP contribution >= 0.6 is 0 Å². The van der Waals surface area contributed by atoms with E-state index < -0.39 is 0 Å². The Balaban J connectivity index is 1.42. The number of carbonyl (C=O) groups excluding carboxylic acids is 1. The van der Waals surface area contributed by atoms with E-state index in [-0.39, 0.29) is 5.91 Å². The topological polar surface area (TPSA) is 82.2 Å². The summed E-state index contributed by atoms with van der Waals surface area (Å²) in [7, 11) is 0. The zero-order valence-electron chi connectivity index (χ0n) is 17.4. The van der Waals surface area contributed by atoms with Gasteiger partial charge < -0.3 is 20.9 Å². The van der Waals surface area contributed by atoms with Gasteiger partial charge in [-0.05, 0) is 70.5 Å². The van der Waals surface area contributed by atoms with Gasteiger partial charge in [0.15, 0.2) is 0 Å². The number of amides is 1. The molecule has 3 rings (SSSR count). The third-order valence-electron chi connectivity index (χ3n) is 5.28. The molecular formula is C22H32N6O. The Bertz CT molecular complexity index is 767. The molecule has 2 aromatic heterocycles. The first-order valence-electron chi connectivity index (χ1n) is 10.5. The molecule has 0 spiro atoms. The van der Waals surface area contributed by atoms with Crippen molar-refractivity contribution in [1.82, 2.24) is 20.2 Å². The molecular weight excluding hydrogens is 364 g/mol. The number of rotatable bonds is 8. The highest BCUT2D eigenvalue weighted by atomic mass is 16.1. The zero-order chi connectivity index (χ0) is 20.5. The van der Waals surface area contributed by atoms with Crippen LogP contribution in [0.5, 0.6) is 0 Å². The standard InChI is InChI=1S/C22H32N6O/c1-17(2)28-15-4-5-18(10-16-28)24-13-14-25-21-7-3-6-20(27-21)22(29)26-19-8-11-23-12-9-19/h3,6-9,11-12,17-18,24H,4-5,10,13-16H2,1-2H3,(H,25,27)(H,23,26,29). The van der Waals surface area contributed by atoms with Crippen molar-refractivity contribution < 1.29 is 4.79 Å². The van der Waals surface area contributed by atoms with Gasteiger partial charge in [-0.2, -0.15) is 0 Å². The quantitative estimate of drug-likeness (QED) is 0.595. The Hall–Kier alpha value is -2.51. The maximum atomic E-state index is 12.4. The number of hydrogen-bond donors (Lipinski definition) is 3. The molecule has 0 aromatic carbocycles. The fraction of sp³-hybridized carbons (Fsp3) is 0.500. The van der Waals surface area contributed by atoms with E-state index in [9.17, 15) is 4.79 Å². The van der Waals surface area contributed by atoms with Crippen molar-refractivity contribution in [2.75, 3.05) is 36.8 Å². The van der Waals surface area contributed by atoms with Gasteiger partial charge in [0.05, 0.1) is 0 Å². The smallest absolute Gasteiger partial charge is 0.274 e. The lowest BCUT2D eigenvalue weighted by atomic mass is 10.1. The maximum Gasteiger partial charge on any atom is 0.274 e. The zero-order valence-corrected chi connectivity index (χ0v) is 17.4. The Morgan fingerprint density at radius 3 is 2.76 bits per heavy atom. The molecule has 1 amide bonds. The van der Waals surface area contributed by atoms with Gasteiger partial charge in [-0.1, -0.05) is 6.07 Å². The summed E-state index contributed by atoms with van der Waals surface area (Å²) in [5.74, 6) is 0.479. The molecule has 7 nitrogen and oxygen atoms in total. The Morgan fingerprint density at radius 1 is 1.14 bits per heavy atom. The average Bonchev–Trinajstić information content (AvgIpc) is 2.98. The van der Waals surface area contributed by atoms with Crippen LogP contribution in [0.1, 0.15) is 43.6 Å². The fourth-order valence-corrected chi connectivity index (χ4v) is 3.60. The molecule has 3 N–H and O–H groups in total. The van der Waals surface area contributed by atoms with Crippen LogP contribution in [-0.2, 0) is 0 Å². The van der Waals surface area contributed by atoms with Gasteiger partial charge in [-0.15, -0.1) is 0 Å². The third-order valence-corrected chi connectivity index (χ3v) is 5.28. The van der Waals surface area contributed by atoms with Crippen molar-refractivity contribution in [3.8, 4) is 0 Å². The van der Waals surface area contributed by atoms with Gasteiger partial charge in [0.25, 0.3) is 5.91 Å². The minimum absolute atomic E-state index is 0.230. The lowest BCUT2D eigenvalue weighted by Crippen LogP contribution is -2.35. The van der Waals surface area contributed by atoms with Gasteiger partial charge in [0.2, 0.25) is 0 Å². The molecule has 0 bridgehead atoms. The summed E-state index contributed by atoms with van der Waals surface area (Å²) in [6.45, 7) is 8.56. The van der Waals surface area contributed by atoms with Gasteiger partial charge in [-0.25, -0.2) is 4.98 Å². The molecule has 0 radical (unpaired) electrons. The predicted octanol–water partition coefficient (Wildman–Crippen LogP) is 2.99. The number of nitrogens with one attached hydrogen (secondary N) is 3. The number of anilines is 2. The van der Waals surface area contributed by atoms with Crippen molar-refractivity contribution in [3.05, 3.63) is 48.4 Å². The summed E-state index contributed by atoms with van der Waals surface area (Å²) in [4.78, 5) is 23.3. The van der Waals surface area contributed by atoms with E-state index in [2.05, 4.69) is 44.7 Å². The lowest BCUT2D eigenvalue weighted by molar-refractivity contribution is 0.102. The summed E-state index contributed by atoms with van der Waals surface area (Å²) in [6, 6.07) is 10.1.